The first-order valence-electron chi connectivity index (χ1n) is 6.50. The Morgan fingerprint density at radius 1 is 1.43 bits per heavy atom. The number of anilines is 1. The van der Waals surface area contributed by atoms with Gasteiger partial charge in [-0.05, 0) is 24.6 Å². The minimum absolute atomic E-state index is 0.0496. The Kier molecular flexibility index (Phi) is 5.73. The minimum Gasteiger partial charge on any atom is -0.480 e. The summed E-state index contributed by atoms with van der Waals surface area (Å²) in [6, 6.07) is 6.11. The van der Waals surface area contributed by atoms with Gasteiger partial charge in [-0.2, -0.15) is 5.26 Å². The summed E-state index contributed by atoms with van der Waals surface area (Å²) in [5, 5.41) is 18.2. The summed E-state index contributed by atoms with van der Waals surface area (Å²) in [5.41, 5.74) is 0.607. The highest BCUT2D eigenvalue weighted by Gasteiger charge is 2.17. The Balaban J connectivity index is 3.25. The number of unbranched alkanes of at least 4 members (excludes halogenated alkanes) is 1. The molecule has 114 valence electrons. The molecular weight excluding hydrogens is 292 g/mol. The molecule has 0 aliphatic rings. The molecule has 0 aliphatic carbocycles. The molecule has 0 saturated carbocycles. The molecule has 6 nitrogen and oxygen atoms in total. The van der Waals surface area contributed by atoms with E-state index < -0.39 is 15.8 Å². The van der Waals surface area contributed by atoms with Crippen molar-refractivity contribution in [1.29, 1.82) is 5.26 Å². The molecule has 0 fully saturated rings. The number of nitriles is 1. The van der Waals surface area contributed by atoms with Gasteiger partial charge in [-0.15, -0.1) is 0 Å². The van der Waals surface area contributed by atoms with Gasteiger partial charge in [0.2, 0.25) is 0 Å². The number of hydrogen-bond acceptors (Lipinski definition) is 5. The van der Waals surface area contributed by atoms with Gasteiger partial charge in [0.25, 0.3) is 0 Å². The van der Waals surface area contributed by atoms with E-state index in [9.17, 15) is 18.5 Å². The highest BCUT2D eigenvalue weighted by Crippen LogP contribution is 2.24. The first-order chi connectivity index (χ1) is 9.79. The summed E-state index contributed by atoms with van der Waals surface area (Å²) >= 11 is 0. The van der Waals surface area contributed by atoms with E-state index in [1.807, 2.05) is 13.0 Å². The molecular formula is C14H18N2O4S. The van der Waals surface area contributed by atoms with Crippen LogP contribution in [-0.2, 0) is 14.6 Å². The third-order valence-electron chi connectivity index (χ3n) is 2.97. The summed E-state index contributed by atoms with van der Waals surface area (Å²) < 4.78 is 23.0. The molecule has 0 aromatic heterocycles. The van der Waals surface area contributed by atoms with E-state index in [0.29, 0.717) is 12.2 Å². The Morgan fingerprint density at radius 2 is 2.10 bits per heavy atom. The van der Waals surface area contributed by atoms with Crippen LogP contribution in [0.25, 0.3) is 0 Å². The van der Waals surface area contributed by atoms with Crippen LogP contribution in [0.5, 0.6) is 0 Å². The summed E-state index contributed by atoms with van der Waals surface area (Å²) in [7, 11) is -3.40. The van der Waals surface area contributed by atoms with E-state index in [4.69, 9.17) is 5.11 Å². The molecule has 0 amide bonds. The molecule has 0 bridgehead atoms. The molecule has 1 aromatic carbocycles. The largest absolute Gasteiger partial charge is 0.480 e. The fourth-order valence-corrected chi connectivity index (χ4v) is 2.56. The molecule has 7 heteroatoms. The number of carboxylic acids is 1. The van der Waals surface area contributed by atoms with Crippen molar-refractivity contribution in [3.05, 3.63) is 23.8 Å². The van der Waals surface area contributed by atoms with Gasteiger partial charge in [-0.3, -0.25) is 4.79 Å². The highest BCUT2D eigenvalue weighted by molar-refractivity contribution is 7.90. The van der Waals surface area contributed by atoms with Gasteiger partial charge in [0.05, 0.1) is 16.1 Å². The van der Waals surface area contributed by atoms with Gasteiger partial charge in [0.15, 0.2) is 9.84 Å². The average molecular weight is 310 g/mol. The van der Waals surface area contributed by atoms with E-state index in [-0.39, 0.29) is 17.0 Å². The van der Waals surface area contributed by atoms with Crippen LogP contribution >= 0.6 is 0 Å². The number of nitrogens with zero attached hydrogens (tertiary/aromatic N) is 2. The second-order valence-corrected chi connectivity index (χ2v) is 6.75. The number of carboxylic acid groups (broad SMARTS) is 1. The lowest BCUT2D eigenvalue weighted by atomic mass is 10.1. The molecule has 0 atom stereocenters. The Morgan fingerprint density at radius 3 is 2.57 bits per heavy atom. The number of carbonyl (C=O) groups is 1. The van der Waals surface area contributed by atoms with Gasteiger partial charge >= 0.3 is 5.97 Å². The second kappa shape index (κ2) is 7.09. The summed E-state index contributed by atoms with van der Waals surface area (Å²) in [6.07, 6.45) is 2.74. The smallest absolute Gasteiger partial charge is 0.323 e. The lowest BCUT2D eigenvalue weighted by Gasteiger charge is -2.24. The van der Waals surface area contributed by atoms with Gasteiger partial charge in [0.1, 0.15) is 12.6 Å². The Labute approximate surface area is 124 Å². The predicted molar refractivity (Wildman–Crippen MR) is 79.0 cm³/mol. The van der Waals surface area contributed by atoms with Gasteiger partial charge in [-0.1, -0.05) is 13.3 Å². The molecule has 21 heavy (non-hydrogen) atoms. The molecule has 0 radical (unpaired) electrons. The standard InChI is InChI=1S/C14H18N2O4S/c1-3-4-7-16(10-14(17)18)13-6-5-12(21(2,19)20)8-11(13)9-15/h5-6,8H,3-4,7,10H2,1-2H3,(H,17,18). The molecule has 0 aliphatic heterocycles. The maximum atomic E-state index is 11.5. The summed E-state index contributed by atoms with van der Waals surface area (Å²) in [4.78, 5) is 12.6. The van der Waals surface area contributed by atoms with Gasteiger partial charge < -0.3 is 10.0 Å². The zero-order valence-corrected chi connectivity index (χ0v) is 12.9. The summed E-state index contributed by atoms with van der Waals surface area (Å²) in [5.74, 6) is -0.998. The van der Waals surface area contributed by atoms with Crippen LogP contribution in [0.3, 0.4) is 0 Å². The first-order valence-corrected chi connectivity index (χ1v) is 8.39. The fraction of sp³-hybridized carbons (Fsp3) is 0.429. The minimum atomic E-state index is -3.40. The lowest BCUT2D eigenvalue weighted by molar-refractivity contribution is -0.135. The number of rotatable bonds is 7. The Bertz CT molecular complexity index is 662. The zero-order chi connectivity index (χ0) is 16.0. The monoisotopic (exact) mass is 310 g/mol. The third-order valence-corrected chi connectivity index (χ3v) is 4.08. The Hall–Kier alpha value is -2.07. The molecule has 0 heterocycles. The van der Waals surface area contributed by atoms with Crippen LogP contribution < -0.4 is 4.90 Å². The third kappa shape index (κ3) is 4.76. The molecule has 0 saturated heterocycles. The topological polar surface area (TPSA) is 98.5 Å². The molecule has 0 unspecified atom stereocenters. The SMILES string of the molecule is CCCCN(CC(=O)O)c1ccc(S(C)(=O)=O)cc1C#N. The van der Waals surface area contributed by atoms with Gasteiger partial charge in [-0.25, -0.2) is 8.42 Å². The van der Waals surface area contributed by atoms with Crippen molar-refractivity contribution in [3.63, 3.8) is 0 Å². The number of hydrogen-bond donors (Lipinski definition) is 1. The van der Waals surface area contributed by atoms with Crippen LogP contribution in [0.15, 0.2) is 23.1 Å². The van der Waals surface area contributed by atoms with Crippen molar-refractivity contribution in [2.24, 2.45) is 0 Å². The normalized spacial score (nSPS) is 10.9. The van der Waals surface area contributed by atoms with Crippen molar-refractivity contribution in [1.82, 2.24) is 0 Å². The summed E-state index contributed by atoms with van der Waals surface area (Å²) in [6.45, 7) is 2.25. The average Bonchev–Trinajstić information content (AvgIpc) is 2.41. The van der Waals surface area contributed by atoms with Gasteiger partial charge in [0, 0.05) is 12.8 Å². The maximum Gasteiger partial charge on any atom is 0.323 e. The van der Waals surface area contributed by atoms with Crippen LogP contribution in [0, 0.1) is 11.3 Å². The number of sulfone groups is 1. The lowest BCUT2D eigenvalue weighted by Crippen LogP contribution is -2.31. The van der Waals surface area contributed by atoms with Crippen molar-refractivity contribution in [2.75, 3.05) is 24.2 Å². The van der Waals surface area contributed by atoms with Crippen molar-refractivity contribution >= 4 is 21.5 Å². The van der Waals surface area contributed by atoms with Crippen LogP contribution in [0.2, 0.25) is 0 Å². The van der Waals surface area contributed by atoms with E-state index in [1.165, 1.54) is 18.2 Å². The maximum absolute atomic E-state index is 11.5. The fourth-order valence-electron chi connectivity index (χ4n) is 1.91. The molecule has 1 rings (SSSR count). The van der Waals surface area contributed by atoms with Crippen LogP contribution in [0.1, 0.15) is 25.3 Å². The van der Waals surface area contributed by atoms with Crippen molar-refractivity contribution < 1.29 is 18.3 Å². The highest BCUT2D eigenvalue weighted by atomic mass is 32.2. The van der Waals surface area contributed by atoms with Crippen molar-refractivity contribution in [3.8, 4) is 6.07 Å². The van der Waals surface area contributed by atoms with E-state index in [2.05, 4.69) is 0 Å². The predicted octanol–water partition coefficient (Wildman–Crippen LogP) is 1.65. The molecule has 1 aromatic rings. The zero-order valence-electron chi connectivity index (χ0n) is 12.0. The quantitative estimate of drug-likeness (QED) is 0.822. The van der Waals surface area contributed by atoms with E-state index in [1.54, 1.807) is 4.90 Å². The molecule has 0 spiro atoms. The molecule has 1 N–H and O–H groups in total. The van der Waals surface area contributed by atoms with E-state index in [0.717, 1.165) is 19.1 Å². The van der Waals surface area contributed by atoms with Crippen LogP contribution in [0.4, 0.5) is 5.69 Å². The first kappa shape index (κ1) is 17.0. The van der Waals surface area contributed by atoms with Crippen LogP contribution in [-0.4, -0.2) is 38.8 Å². The second-order valence-electron chi connectivity index (χ2n) is 4.73. The van der Waals surface area contributed by atoms with Crippen molar-refractivity contribution in [2.45, 2.75) is 24.7 Å². The number of benzene rings is 1. The van der Waals surface area contributed by atoms with E-state index >= 15 is 0 Å². The number of aliphatic carboxylic acids is 1.